The molecule has 24 heavy (non-hydrogen) atoms. The molecule has 0 aliphatic heterocycles. The summed E-state index contributed by atoms with van der Waals surface area (Å²) >= 11 is 0. The summed E-state index contributed by atoms with van der Waals surface area (Å²) in [6, 6.07) is 20.2. The second-order valence-electron chi connectivity index (χ2n) is 5.67. The summed E-state index contributed by atoms with van der Waals surface area (Å²) in [7, 11) is 5.74. The van der Waals surface area contributed by atoms with Crippen molar-refractivity contribution in [3.8, 4) is 11.4 Å². The number of rotatable bonds is 5. The molecule has 0 aliphatic rings. The van der Waals surface area contributed by atoms with Crippen molar-refractivity contribution in [1.29, 1.82) is 0 Å². The second-order valence-corrected chi connectivity index (χ2v) is 5.67. The SMILES string of the molecule is COc1ccc(N=Cc2cccn2-c2ccc(N(C)C)cc2)cc1. The number of ether oxygens (including phenoxy) is 1. The zero-order valence-corrected chi connectivity index (χ0v) is 14.2. The maximum atomic E-state index is 5.16. The molecule has 4 heteroatoms. The number of nitrogens with zero attached hydrogens (tertiary/aromatic N) is 3. The lowest BCUT2D eigenvalue weighted by atomic mass is 10.2. The van der Waals surface area contributed by atoms with E-state index in [-0.39, 0.29) is 0 Å². The van der Waals surface area contributed by atoms with E-state index in [1.165, 1.54) is 5.69 Å². The van der Waals surface area contributed by atoms with Crippen LogP contribution in [0.4, 0.5) is 11.4 Å². The number of hydrogen-bond donors (Lipinski definition) is 0. The van der Waals surface area contributed by atoms with Crippen LogP contribution in [0.15, 0.2) is 71.9 Å². The summed E-state index contributed by atoms with van der Waals surface area (Å²) in [5.41, 5.74) is 4.22. The highest BCUT2D eigenvalue weighted by Gasteiger charge is 2.02. The largest absolute Gasteiger partial charge is 0.497 e. The van der Waals surface area contributed by atoms with Gasteiger partial charge in [0.1, 0.15) is 5.75 Å². The van der Waals surface area contributed by atoms with Gasteiger partial charge < -0.3 is 14.2 Å². The third kappa shape index (κ3) is 3.49. The van der Waals surface area contributed by atoms with Gasteiger partial charge in [-0.3, -0.25) is 4.99 Å². The van der Waals surface area contributed by atoms with E-state index in [9.17, 15) is 0 Å². The maximum Gasteiger partial charge on any atom is 0.119 e. The second kappa shape index (κ2) is 7.04. The van der Waals surface area contributed by atoms with Gasteiger partial charge in [0.15, 0.2) is 0 Å². The van der Waals surface area contributed by atoms with Crippen LogP contribution in [-0.4, -0.2) is 32.0 Å². The van der Waals surface area contributed by atoms with Crippen LogP contribution in [0.2, 0.25) is 0 Å². The fourth-order valence-electron chi connectivity index (χ4n) is 2.45. The Kier molecular flexibility index (Phi) is 4.66. The molecule has 0 fully saturated rings. The lowest BCUT2D eigenvalue weighted by Crippen LogP contribution is -2.08. The molecule has 0 atom stereocenters. The van der Waals surface area contributed by atoms with Gasteiger partial charge >= 0.3 is 0 Å². The molecule has 4 nitrogen and oxygen atoms in total. The monoisotopic (exact) mass is 319 g/mol. The van der Waals surface area contributed by atoms with Gasteiger partial charge in [0.2, 0.25) is 0 Å². The van der Waals surface area contributed by atoms with Crippen molar-refractivity contribution in [1.82, 2.24) is 4.57 Å². The third-order valence-corrected chi connectivity index (χ3v) is 3.84. The van der Waals surface area contributed by atoms with E-state index in [0.717, 1.165) is 22.8 Å². The lowest BCUT2D eigenvalue weighted by molar-refractivity contribution is 0.415. The molecule has 3 aromatic rings. The molecule has 1 aromatic heterocycles. The minimum Gasteiger partial charge on any atom is -0.497 e. The Morgan fingerprint density at radius 3 is 2.29 bits per heavy atom. The zero-order valence-electron chi connectivity index (χ0n) is 14.2. The first kappa shape index (κ1) is 15.9. The third-order valence-electron chi connectivity index (χ3n) is 3.84. The highest BCUT2D eigenvalue weighted by Crippen LogP contribution is 2.19. The Hall–Kier alpha value is -3.01. The van der Waals surface area contributed by atoms with E-state index in [2.05, 4.69) is 38.7 Å². The van der Waals surface area contributed by atoms with Crippen LogP contribution in [0, 0.1) is 0 Å². The average molecular weight is 319 g/mol. The van der Waals surface area contributed by atoms with Gasteiger partial charge in [0.25, 0.3) is 0 Å². The Morgan fingerprint density at radius 1 is 0.958 bits per heavy atom. The van der Waals surface area contributed by atoms with Crippen molar-refractivity contribution in [3.05, 3.63) is 72.6 Å². The number of anilines is 1. The van der Waals surface area contributed by atoms with Crippen LogP contribution in [0.3, 0.4) is 0 Å². The number of hydrogen-bond acceptors (Lipinski definition) is 3. The van der Waals surface area contributed by atoms with Gasteiger partial charge in [-0.2, -0.15) is 0 Å². The summed E-state index contributed by atoms with van der Waals surface area (Å²) < 4.78 is 7.28. The Morgan fingerprint density at radius 2 is 1.67 bits per heavy atom. The summed E-state index contributed by atoms with van der Waals surface area (Å²) in [6.45, 7) is 0. The van der Waals surface area contributed by atoms with Gasteiger partial charge in [-0.05, 0) is 60.7 Å². The molecule has 0 amide bonds. The number of benzene rings is 2. The quantitative estimate of drug-likeness (QED) is 0.656. The van der Waals surface area contributed by atoms with Crippen molar-refractivity contribution in [2.45, 2.75) is 0 Å². The van der Waals surface area contributed by atoms with E-state index in [4.69, 9.17) is 4.74 Å². The molecule has 3 rings (SSSR count). The molecule has 0 unspecified atom stereocenters. The van der Waals surface area contributed by atoms with Gasteiger partial charge in [-0.25, -0.2) is 0 Å². The molecular formula is C20H21N3O. The van der Waals surface area contributed by atoms with Crippen molar-refractivity contribution < 1.29 is 4.74 Å². The van der Waals surface area contributed by atoms with E-state index < -0.39 is 0 Å². The molecule has 0 aliphatic carbocycles. The highest BCUT2D eigenvalue weighted by molar-refractivity contribution is 5.81. The van der Waals surface area contributed by atoms with Crippen molar-refractivity contribution >= 4 is 17.6 Å². The van der Waals surface area contributed by atoms with E-state index in [0.29, 0.717) is 0 Å². The van der Waals surface area contributed by atoms with Crippen LogP contribution >= 0.6 is 0 Å². The molecule has 1 heterocycles. The van der Waals surface area contributed by atoms with Crippen LogP contribution < -0.4 is 9.64 Å². The first-order chi connectivity index (χ1) is 11.7. The molecule has 122 valence electrons. The van der Waals surface area contributed by atoms with Gasteiger partial charge in [-0.1, -0.05) is 0 Å². The van der Waals surface area contributed by atoms with Crippen LogP contribution in [0.25, 0.3) is 5.69 Å². The maximum absolute atomic E-state index is 5.16. The van der Waals surface area contributed by atoms with E-state index in [1.54, 1.807) is 7.11 Å². The lowest BCUT2D eigenvalue weighted by Gasteiger charge is -2.13. The molecule has 0 spiro atoms. The van der Waals surface area contributed by atoms with Crippen LogP contribution in [-0.2, 0) is 0 Å². The van der Waals surface area contributed by atoms with Crippen molar-refractivity contribution in [2.24, 2.45) is 4.99 Å². The predicted molar refractivity (Wildman–Crippen MR) is 100 cm³/mol. The predicted octanol–water partition coefficient (Wildman–Crippen LogP) is 4.30. The fourth-order valence-corrected chi connectivity index (χ4v) is 2.45. The molecule has 0 N–H and O–H groups in total. The molecule has 0 radical (unpaired) electrons. The van der Waals surface area contributed by atoms with Crippen molar-refractivity contribution in [2.75, 3.05) is 26.1 Å². The van der Waals surface area contributed by atoms with Crippen LogP contribution in [0.5, 0.6) is 5.75 Å². The topological polar surface area (TPSA) is 29.8 Å². The highest BCUT2D eigenvalue weighted by atomic mass is 16.5. The zero-order chi connectivity index (χ0) is 16.9. The Bertz CT molecular complexity index is 815. The standard InChI is InChI=1S/C20H21N3O/c1-22(2)17-8-10-18(11-9-17)23-14-4-5-19(23)15-21-16-6-12-20(24-3)13-7-16/h4-15H,1-3H3. The van der Waals surface area contributed by atoms with E-state index in [1.807, 2.05) is 62.9 Å². The number of aromatic nitrogens is 1. The van der Waals surface area contributed by atoms with Gasteiger partial charge in [0, 0.05) is 31.7 Å². The molecule has 0 bridgehead atoms. The van der Waals surface area contributed by atoms with Crippen molar-refractivity contribution in [3.63, 3.8) is 0 Å². The fraction of sp³-hybridized carbons (Fsp3) is 0.150. The smallest absolute Gasteiger partial charge is 0.119 e. The molecule has 0 saturated carbocycles. The first-order valence-corrected chi connectivity index (χ1v) is 7.80. The molecular weight excluding hydrogens is 298 g/mol. The summed E-state index contributed by atoms with van der Waals surface area (Å²) in [4.78, 5) is 6.64. The minimum atomic E-state index is 0.832. The molecule has 0 saturated heterocycles. The van der Waals surface area contributed by atoms with Gasteiger partial charge in [-0.15, -0.1) is 0 Å². The first-order valence-electron chi connectivity index (χ1n) is 7.80. The van der Waals surface area contributed by atoms with E-state index >= 15 is 0 Å². The average Bonchev–Trinajstić information content (AvgIpc) is 3.09. The van der Waals surface area contributed by atoms with Gasteiger partial charge in [0.05, 0.1) is 24.7 Å². The Labute approximate surface area is 142 Å². The summed E-state index contributed by atoms with van der Waals surface area (Å²) in [6.07, 6.45) is 3.92. The number of aliphatic imine (C=N–C) groups is 1. The molecule has 2 aromatic carbocycles. The summed E-state index contributed by atoms with van der Waals surface area (Å²) in [5.74, 6) is 0.832. The summed E-state index contributed by atoms with van der Waals surface area (Å²) in [5, 5.41) is 0. The Balaban J connectivity index is 1.83. The number of methoxy groups -OCH3 is 1. The van der Waals surface area contributed by atoms with Crippen LogP contribution in [0.1, 0.15) is 5.69 Å². The normalized spacial score (nSPS) is 11.0. The minimum absolute atomic E-state index is 0.832.